The summed E-state index contributed by atoms with van der Waals surface area (Å²) in [4.78, 5) is 0. The summed E-state index contributed by atoms with van der Waals surface area (Å²) in [5.41, 5.74) is 0. The van der Waals surface area contributed by atoms with Crippen molar-refractivity contribution >= 4 is 44.9 Å². The summed E-state index contributed by atoms with van der Waals surface area (Å²) in [6, 6.07) is 22.3. The molecule has 0 N–H and O–H groups in total. The number of benzene rings is 2. The molecule has 0 aromatic heterocycles. The predicted octanol–water partition coefficient (Wildman–Crippen LogP) is 4.98. The van der Waals surface area contributed by atoms with Gasteiger partial charge < -0.3 is 12.3 Å². The Kier molecular flexibility index (Phi) is 8.83. The third-order valence-corrected chi connectivity index (χ3v) is 19.0. The van der Waals surface area contributed by atoms with Gasteiger partial charge in [0, 0.05) is 0 Å². The minimum atomic E-state index is -2.86. The lowest BCUT2D eigenvalue weighted by Gasteiger charge is -2.42. The van der Waals surface area contributed by atoms with Crippen molar-refractivity contribution in [3.63, 3.8) is 0 Å². The van der Waals surface area contributed by atoms with E-state index in [0.717, 1.165) is 0 Å². The fourth-order valence-electron chi connectivity index (χ4n) is 3.78. The Morgan fingerprint density at radius 1 is 0.759 bits per heavy atom. The second-order valence-electron chi connectivity index (χ2n) is 8.98. The highest BCUT2D eigenvalue weighted by Crippen LogP contribution is 2.25. The molecule has 29 heavy (non-hydrogen) atoms. The lowest BCUT2D eigenvalue weighted by Crippen LogP contribution is -2.69. The summed E-state index contributed by atoms with van der Waals surface area (Å²) in [5.74, 6) is 0. The maximum Gasteiger partial charge on any atom is 0.387 e. The predicted molar refractivity (Wildman–Crippen MR) is 135 cm³/mol. The summed E-state index contributed by atoms with van der Waals surface area (Å²) in [6.07, 6.45) is 2.43. The second-order valence-corrected chi connectivity index (χ2v) is 22.9. The molecule has 0 aliphatic rings. The molecule has 0 saturated carbocycles. The van der Waals surface area contributed by atoms with Crippen molar-refractivity contribution < 1.29 is 12.3 Å². The van der Waals surface area contributed by atoms with Crippen LogP contribution >= 0.6 is 0 Å². The highest BCUT2D eigenvalue weighted by Gasteiger charge is 2.49. The zero-order valence-corrected chi connectivity index (χ0v) is 23.4. The van der Waals surface area contributed by atoms with Gasteiger partial charge in [-0.25, -0.2) is 0 Å². The molecule has 2 aromatic carbocycles. The van der Waals surface area contributed by atoms with Crippen molar-refractivity contribution in [1.29, 1.82) is 0 Å². The van der Waals surface area contributed by atoms with Gasteiger partial charge in [-0.15, -0.1) is 0 Å². The molecule has 0 fully saturated rings. The molecule has 0 radical (unpaired) electrons. The zero-order chi connectivity index (χ0) is 21.5. The summed E-state index contributed by atoms with van der Waals surface area (Å²) in [6.45, 7) is 15.8. The van der Waals surface area contributed by atoms with Crippen LogP contribution in [0.4, 0.5) is 0 Å². The molecule has 0 aliphatic heterocycles. The van der Waals surface area contributed by atoms with Crippen LogP contribution < -0.4 is 10.4 Å². The van der Waals surface area contributed by atoms with Gasteiger partial charge in [0.2, 0.25) is 0 Å². The van der Waals surface area contributed by atoms with Gasteiger partial charge in [-0.2, -0.15) is 0 Å². The Morgan fingerprint density at radius 3 is 1.66 bits per heavy atom. The average molecular weight is 463 g/mol. The quantitative estimate of drug-likeness (QED) is 0.441. The molecule has 0 saturated heterocycles. The van der Waals surface area contributed by atoms with E-state index in [2.05, 4.69) is 107 Å². The number of rotatable bonds is 11. The first-order valence-electron chi connectivity index (χ1n) is 10.8. The van der Waals surface area contributed by atoms with Crippen LogP contribution in [0, 0.1) is 0 Å². The Hall–Kier alpha value is -0.812. The minimum Gasteiger partial charge on any atom is -0.436 e. The first-order valence-corrected chi connectivity index (χ1v) is 21.3. The van der Waals surface area contributed by atoms with Crippen molar-refractivity contribution in [3.8, 4) is 0 Å². The summed E-state index contributed by atoms with van der Waals surface area (Å²) in [7, 11) is -8.46. The molecule has 0 aliphatic carbocycles. The molecule has 0 heterocycles. The topological polar surface area (TPSA) is 27.7 Å². The smallest absolute Gasteiger partial charge is 0.387 e. The second kappa shape index (κ2) is 10.5. The van der Waals surface area contributed by atoms with E-state index in [4.69, 9.17) is 12.3 Å². The van der Waals surface area contributed by atoms with E-state index >= 15 is 0 Å². The Morgan fingerprint density at radius 2 is 1.24 bits per heavy atom. The van der Waals surface area contributed by atoms with Crippen LogP contribution in [0.2, 0.25) is 45.3 Å². The molecule has 3 nitrogen and oxygen atoms in total. The van der Waals surface area contributed by atoms with Gasteiger partial charge in [0.25, 0.3) is 0 Å². The van der Waals surface area contributed by atoms with Crippen molar-refractivity contribution in [2.24, 2.45) is 0 Å². The van der Waals surface area contributed by atoms with E-state index < -0.39 is 34.5 Å². The monoisotopic (exact) mass is 462 g/mol. The lowest BCUT2D eigenvalue weighted by molar-refractivity contribution is 0.344. The molecule has 160 valence electrons. The van der Waals surface area contributed by atoms with E-state index in [0.29, 0.717) is 0 Å². The van der Waals surface area contributed by atoms with E-state index in [-0.39, 0.29) is 0 Å². The highest BCUT2D eigenvalue weighted by molar-refractivity contribution is 7.00. The van der Waals surface area contributed by atoms with E-state index in [1.165, 1.54) is 29.3 Å². The first kappa shape index (κ1) is 24.5. The maximum atomic E-state index is 7.13. The molecule has 0 atom stereocenters. The maximum absolute atomic E-state index is 7.13. The Bertz CT molecular complexity index is 697. The summed E-state index contributed by atoms with van der Waals surface area (Å²) < 4.78 is 20.8. The fourth-order valence-corrected chi connectivity index (χ4v) is 20.9. The van der Waals surface area contributed by atoms with Gasteiger partial charge in [-0.1, -0.05) is 80.4 Å². The highest BCUT2D eigenvalue weighted by atomic mass is 28.5. The standard InChI is InChI=1S/C22H38O3Si4/c1-8-9-20-27(4,5)24-28(6,7)25-29(23-26(2)3,21-16-12-10-13-17-21)22-18-14-11-15-19-22/h10-19,26H,8-9,20H2,1-7H3. The van der Waals surface area contributed by atoms with Crippen LogP contribution in [-0.4, -0.2) is 34.5 Å². The normalized spacial score (nSPS) is 13.1. The van der Waals surface area contributed by atoms with Gasteiger partial charge in [-0.3, -0.25) is 0 Å². The van der Waals surface area contributed by atoms with Gasteiger partial charge in [0.1, 0.15) is 0 Å². The molecular weight excluding hydrogens is 425 g/mol. The lowest BCUT2D eigenvalue weighted by atomic mass is 10.4. The SMILES string of the molecule is CCCC[Si](C)(C)O[Si](C)(C)O[Si](O[SiH](C)C)(c1ccccc1)c1ccccc1. The van der Waals surface area contributed by atoms with Gasteiger partial charge in [0.05, 0.1) is 0 Å². The number of hydrogen-bond donors (Lipinski definition) is 0. The van der Waals surface area contributed by atoms with Crippen LogP contribution in [0.15, 0.2) is 60.7 Å². The molecule has 0 amide bonds. The van der Waals surface area contributed by atoms with Crippen LogP contribution in [0.5, 0.6) is 0 Å². The largest absolute Gasteiger partial charge is 0.436 e. The van der Waals surface area contributed by atoms with Crippen LogP contribution in [0.25, 0.3) is 0 Å². The third-order valence-electron chi connectivity index (χ3n) is 4.75. The number of unbranched alkanes of at least 4 members (excludes halogenated alkanes) is 1. The first-order chi connectivity index (χ1) is 13.6. The summed E-state index contributed by atoms with van der Waals surface area (Å²) in [5, 5.41) is 2.34. The molecule has 2 aromatic rings. The molecule has 0 bridgehead atoms. The van der Waals surface area contributed by atoms with Crippen molar-refractivity contribution in [2.75, 3.05) is 0 Å². The van der Waals surface area contributed by atoms with Gasteiger partial charge >= 0.3 is 17.1 Å². The van der Waals surface area contributed by atoms with Crippen LogP contribution in [-0.2, 0) is 12.3 Å². The third kappa shape index (κ3) is 7.13. The van der Waals surface area contributed by atoms with Gasteiger partial charge in [-0.05, 0) is 55.7 Å². The Labute approximate surface area is 182 Å². The van der Waals surface area contributed by atoms with E-state index in [9.17, 15) is 0 Å². The van der Waals surface area contributed by atoms with Crippen molar-refractivity contribution in [3.05, 3.63) is 60.7 Å². The minimum absolute atomic E-state index is 1.17. The molecular formula is C22H38O3Si4. The van der Waals surface area contributed by atoms with Gasteiger partial charge in [0.15, 0.2) is 17.4 Å². The van der Waals surface area contributed by atoms with E-state index in [1.54, 1.807) is 0 Å². The van der Waals surface area contributed by atoms with Crippen LogP contribution in [0.1, 0.15) is 19.8 Å². The zero-order valence-electron chi connectivity index (χ0n) is 19.2. The van der Waals surface area contributed by atoms with Crippen molar-refractivity contribution in [1.82, 2.24) is 0 Å². The van der Waals surface area contributed by atoms with Crippen molar-refractivity contribution in [2.45, 2.75) is 65.1 Å². The van der Waals surface area contributed by atoms with E-state index in [1.807, 2.05) is 0 Å². The summed E-state index contributed by atoms with van der Waals surface area (Å²) >= 11 is 0. The number of hydrogen-bond acceptors (Lipinski definition) is 3. The molecule has 7 heteroatoms. The average Bonchev–Trinajstić information content (AvgIpc) is 2.66. The molecule has 2 rings (SSSR count). The van der Waals surface area contributed by atoms with Crippen LogP contribution in [0.3, 0.4) is 0 Å². The molecule has 0 spiro atoms. The molecule has 0 unspecified atom stereocenters. The fraction of sp³-hybridized carbons (Fsp3) is 0.455. The Balaban J connectivity index is 2.49.